The lowest BCUT2D eigenvalue weighted by Crippen LogP contribution is -2.37. The number of carbonyl (C=O) groups is 2. The Hall–Kier alpha value is -1.10. The maximum atomic E-state index is 11.9. The number of hydrogen-bond acceptors (Lipinski definition) is 3. The molecule has 5 nitrogen and oxygen atoms in total. The molecule has 1 amide bonds. The zero-order valence-corrected chi connectivity index (χ0v) is 12.7. The Labute approximate surface area is 121 Å². The molecule has 1 rings (SSSR count). The Morgan fingerprint density at radius 1 is 1.35 bits per heavy atom. The van der Waals surface area contributed by atoms with E-state index in [0.29, 0.717) is 18.8 Å². The topological polar surface area (TPSA) is 78.4 Å². The standard InChI is InChI=1S/C15H28N2O3/c1-11(15(19)20)5-3-6-12(2)17-14(18)9-13-7-4-8-16-10-13/h11-13,16H,3-10H2,1-2H3,(H,17,18)(H,19,20). The SMILES string of the molecule is CC(CCCC(C)C(=O)O)NC(=O)CC1CCCNC1. The van der Waals surface area contributed by atoms with Crippen LogP contribution < -0.4 is 10.6 Å². The molecule has 0 saturated carbocycles. The molecule has 5 heteroatoms. The molecule has 116 valence electrons. The van der Waals surface area contributed by atoms with Crippen molar-refractivity contribution in [1.82, 2.24) is 10.6 Å². The molecule has 0 bridgehead atoms. The van der Waals surface area contributed by atoms with Gasteiger partial charge in [0.05, 0.1) is 5.92 Å². The molecule has 0 aromatic carbocycles. The molecule has 1 fully saturated rings. The van der Waals surface area contributed by atoms with Crippen molar-refractivity contribution >= 4 is 11.9 Å². The normalized spacial score (nSPS) is 22.0. The number of aliphatic carboxylic acids is 1. The van der Waals surface area contributed by atoms with Crippen LogP contribution in [-0.2, 0) is 9.59 Å². The first-order chi connectivity index (χ1) is 9.49. The van der Waals surface area contributed by atoms with Gasteiger partial charge in [-0.2, -0.15) is 0 Å². The summed E-state index contributed by atoms with van der Waals surface area (Å²) in [6.07, 6.45) is 5.22. The number of hydrogen-bond donors (Lipinski definition) is 3. The number of piperidine rings is 1. The summed E-state index contributed by atoms with van der Waals surface area (Å²) in [4.78, 5) is 22.6. The minimum absolute atomic E-state index is 0.123. The highest BCUT2D eigenvalue weighted by Crippen LogP contribution is 2.14. The molecule has 0 aliphatic carbocycles. The number of carboxylic acids is 1. The lowest BCUT2D eigenvalue weighted by atomic mass is 9.95. The van der Waals surface area contributed by atoms with Crippen LogP contribution in [0.1, 0.15) is 52.4 Å². The molecule has 1 aliphatic heterocycles. The van der Waals surface area contributed by atoms with Crippen LogP contribution in [0.15, 0.2) is 0 Å². The lowest BCUT2D eigenvalue weighted by molar-refractivity contribution is -0.141. The first-order valence-corrected chi connectivity index (χ1v) is 7.72. The van der Waals surface area contributed by atoms with Crippen LogP contribution in [0.5, 0.6) is 0 Å². The van der Waals surface area contributed by atoms with Crippen molar-refractivity contribution in [2.24, 2.45) is 11.8 Å². The third-order valence-corrected chi connectivity index (χ3v) is 3.98. The Balaban J connectivity index is 2.12. The van der Waals surface area contributed by atoms with Gasteiger partial charge in [-0.3, -0.25) is 9.59 Å². The molecule has 0 radical (unpaired) electrons. The summed E-state index contributed by atoms with van der Waals surface area (Å²) in [5.74, 6) is -0.460. The molecule has 3 atom stereocenters. The molecule has 20 heavy (non-hydrogen) atoms. The average Bonchev–Trinajstić information content (AvgIpc) is 2.39. The Bertz CT molecular complexity index is 314. The van der Waals surface area contributed by atoms with Crippen molar-refractivity contribution in [3.05, 3.63) is 0 Å². The van der Waals surface area contributed by atoms with E-state index in [1.165, 1.54) is 0 Å². The fraction of sp³-hybridized carbons (Fsp3) is 0.867. The summed E-state index contributed by atoms with van der Waals surface area (Å²) < 4.78 is 0. The third-order valence-electron chi connectivity index (χ3n) is 3.98. The van der Waals surface area contributed by atoms with Gasteiger partial charge in [-0.05, 0) is 51.6 Å². The van der Waals surface area contributed by atoms with E-state index in [1.807, 2.05) is 6.92 Å². The highest BCUT2D eigenvalue weighted by Gasteiger charge is 2.18. The van der Waals surface area contributed by atoms with E-state index in [4.69, 9.17) is 5.11 Å². The van der Waals surface area contributed by atoms with Gasteiger partial charge >= 0.3 is 5.97 Å². The van der Waals surface area contributed by atoms with Crippen LogP contribution in [0.4, 0.5) is 0 Å². The van der Waals surface area contributed by atoms with E-state index in [9.17, 15) is 9.59 Å². The monoisotopic (exact) mass is 284 g/mol. The van der Waals surface area contributed by atoms with Gasteiger partial charge in [0.15, 0.2) is 0 Å². The second-order valence-corrected chi connectivity index (χ2v) is 6.06. The zero-order chi connectivity index (χ0) is 15.0. The Morgan fingerprint density at radius 2 is 2.10 bits per heavy atom. The molecule has 3 N–H and O–H groups in total. The van der Waals surface area contributed by atoms with Gasteiger partial charge in [-0.25, -0.2) is 0 Å². The van der Waals surface area contributed by atoms with E-state index in [1.54, 1.807) is 6.92 Å². The smallest absolute Gasteiger partial charge is 0.306 e. The van der Waals surface area contributed by atoms with Crippen molar-refractivity contribution in [3.63, 3.8) is 0 Å². The molecule has 1 saturated heterocycles. The summed E-state index contributed by atoms with van der Waals surface area (Å²) in [6.45, 7) is 5.72. The summed E-state index contributed by atoms with van der Waals surface area (Å²) in [5.41, 5.74) is 0. The predicted molar refractivity (Wildman–Crippen MR) is 78.5 cm³/mol. The number of amides is 1. The van der Waals surface area contributed by atoms with Crippen molar-refractivity contribution in [1.29, 1.82) is 0 Å². The van der Waals surface area contributed by atoms with Gasteiger partial charge in [-0.1, -0.05) is 13.3 Å². The molecule has 0 aromatic rings. The molecule has 1 aliphatic rings. The minimum Gasteiger partial charge on any atom is -0.481 e. The molecule has 0 aromatic heterocycles. The van der Waals surface area contributed by atoms with Crippen LogP contribution in [0.2, 0.25) is 0 Å². The van der Waals surface area contributed by atoms with E-state index >= 15 is 0 Å². The van der Waals surface area contributed by atoms with Gasteiger partial charge in [0.25, 0.3) is 0 Å². The highest BCUT2D eigenvalue weighted by atomic mass is 16.4. The van der Waals surface area contributed by atoms with E-state index < -0.39 is 5.97 Å². The van der Waals surface area contributed by atoms with E-state index in [2.05, 4.69) is 10.6 Å². The van der Waals surface area contributed by atoms with Gasteiger partial charge in [0, 0.05) is 12.5 Å². The minimum atomic E-state index is -0.744. The van der Waals surface area contributed by atoms with Crippen molar-refractivity contribution < 1.29 is 14.7 Å². The maximum Gasteiger partial charge on any atom is 0.306 e. The molecule has 1 heterocycles. The molecule has 0 spiro atoms. The van der Waals surface area contributed by atoms with Crippen LogP contribution in [0, 0.1) is 11.8 Å². The maximum absolute atomic E-state index is 11.9. The highest BCUT2D eigenvalue weighted by molar-refractivity contribution is 5.76. The lowest BCUT2D eigenvalue weighted by Gasteiger charge is -2.23. The predicted octanol–water partition coefficient (Wildman–Crippen LogP) is 1.77. The first-order valence-electron chi connectivity index (χ1n) is 7.72. The fourth-order valence-corrected chi connectivity index (χ4v) is 2.62. The van der Waals surface area contributed by atoms with Crippen LogP contribution in [0.3, 0.4) is 0 Å². The van der Waals surface area contributed by atoms with E-state index in [0.717, 1.165) is 38.8 Å². The fourth-order valence-electron chi connectivity index (χ4n) is 2.62. The van der Waals surface area contributed by atoms with E-state index in [-0.39, 0.29) is 17.9 Å². The molecule has 3 unspecified atom stereocenters. The number of carboxylic acid groups (broad SMARTS) is 1. The second-order valence-electron chi connectivity index (χ2n) is 6.06. The van der Waals surface area contributed by atoms with Gasteiger partial charge in [0.1, 0.15) is 0 Å². The third kappa shape index (κ3) is 6.89. The van der Waals surface area contributed by atoms with Gasteiger partial charge in [-0.15, -0.1) is 0 Å². The largest absolute Gasteiger partial charge is 0.481 e. The summed E-state index contributed by atoms with van der Waals surface area (Å²) in [6, 6.07) is 0.125. The molecular formula is C15H28N2O3. The number of rotatable bonds is 8. The Kier molecular flexibility index (Phi) is 7.59. The summed E-state index contributed by atoms with van der Waals surface area (Å²) >= 11 is 0. The average molecular weight is 284 g/mol. The zero-order valence-electron chi connectivity index (χ0n) is 12.7. The van der Waals surface area contributed by atoms with Gasteiger partial charge in [0.2, 0.25) is 5.91 Å². The quantitative estimate of drug-likeness (QED) is 0.635. The van der Waals surface area contributed by atoms with Crippen molar-refractivity contribution in [3.8, 4) is 0 Å². The van der Waals surface area contributed by atoms with Crippen molar-refractivity contribution in [2.75, 3.05) is 13.1 Å². The van der Waals surface area contributed by atoms with Crippen LogP contribution in [-0.4, -0.2) is 36.1 Å². The van der Waals surface area contributed by atoms with Crippen LogP contribution in [0.25, 0.3) is 0 Å². The van der Waals surface area contributed by atoms with Gasteiger partial charge < -0.3 is 15.7 Å². The van der Waals surface area contributed by atoms with Crippen LogP contribution >= 0.6 is 0 Å². The number of nitrogens with one attached hydrogen (secondary N) is 2. The second kappa shape index (κ2) is 8.95. The summed E-state index contributed by atoms with van der Waals surface area (Å²) in [5, 5.41) is 15.1. The Morgan fingerprint density at radius 3 is 2.70 bits per heavy atom. The molecular weight excluding hydrogens is 256 g/mol. The first kappa shape index (κ1) is 17.0. The number of carbonyl (C=O) groups excluding carboxylic acids is 1. The summed E-state index contributed by atoms with van der Waals surface area (Å²) in [7, 11) is 0. The van der Waals surface area contributed by atoms with Crippen molar-refractivity contribution in [2.45, 2.75) is 58.4 Å².